The number of rotatable bonds is 7. The van der Waals surface area contributed by atoms with Crippen LogP contribution >= 0.6 is 0 Å². The normalized spacial score (nSPS) is 8.62. The van der Waals surface area contributed by atoms with Crippen molar-refractivity contribution in [2.45, 2.75) is 63.4 Å². The second-order valence-electron chi connectivity index (χ2n) is 3.28. The molecular weight excluding hydrogens is 175 g/mol. The minimum Gasteiger partial charge on any atom is -0.854 e. The second kappa shape index (κ2) is 18.3. The molecule has 0 rings (SSSR count). The average molecular weight is 200 g/mol. The molecule has 0 unspecified atom stereocenters. The molecule has 0 atom stereocenters. The first-order valence-electron chi connectivity index (χ1n) is 5.73. The minimum absolute atomic E-state index is 0.0694. The van der Waals surface area contributed by atoms with Crippen molar-refractivity contribution in [3.8, 4) is 0 Å². The molecule has 0 saturated carbocycles. The summed E-state index contributed by atoms with van der Waals surface area (Å²) in [7, 11) is 0. The van der Waals surface area contributed by atoms with Crippen molar-refractivity contribution in [2.24, 2.45) is 0 Å². The maximum atomic E-state index is 9.30. The van der Waals surface area contributed by atoms with Crippen LogP contribution in [-0.2, 0) is 0 Å². The van der Waals surface area contributed by atoms with Gasteiger partial charge in [0.1, 0.15) is 0 Å². The first kappa shape index (κ1) is 15.9. The van der Waals surface area contributed by atoms with Gasteiger partial charge in [-0.1, -0.05) is 13.3 Å². The quantitative estimate of drug-likeness (QED) is 0.458. The van der Waals surface area contributed by atoms with Crippen molar-refractivity contribution in [3.05, 3.63) is 0 Å². The van der Waals surface area contributed by atoms with Crippen LogP contribution in [0, 0.1) is 0 Å². The molecule has 0 aliphatic carbocycles. The second-order valence-corrected chi connectivity index (χ2v) is 5.01. The van der Waals surface area contributed by atoms with Crippen LogP contribution < -0.4 is 5.11 Å². The molecule has 0 radical (unpaired) electrons. The Labute approximate surface area is 90.6 Å². The Morgan fingerprint density at radius 1 is 0.846 bits per heavy atom. The fourth-order valence-electron chi connectivity index (χ4n) is 0.841. The molecule has 0 spiro atoms. The van der Waals surface area contributed by atoms with E-state index in [1.165, 1.54) is 36.2 Å². The molecule has 1 nitrogen and oxygen atoms in total. The third-order valence-electron chi connectivity index (χ3n) is 1.73. The summed E-state index contributed by atoms with van der Waals surface area (Å²) < 4.78 is 0. The van der Waals surface area contributed by atoms with E-state index in [0.717, 1.165) is 21.6 Å². The van der Waals surface area contributed by atoms with E-state index >= 15 is 0 Å². The van der Waals surface area contributed by atoms with Gasteiger partial charge in [0.15, 0.2) is 0 Å². The number of hydrogen-bond donors (Lipinski definition) is 0. The van der Waals surface area contributed by atoms with Gasteiger partial charge in [-0.05, 0) is 0 Å². The van der Waals surface area contributed by atoms with E-state index in [1.807, 2.05) is 6.92 Å². The Hall–Kier alpha value is 0.492. The molecule has 0 amide bonds. The van der Waals surface area contributed by atoms with Crippen molar-refractivity contribution in [1.29, 1.82) is 0 Å². The largest absolute Gasteiger partial charge is 0.854 e. The van der Waals surface area contributed by atoms with Crippen LogP contribution in [0.5, 0.6) is 0 Å². The maximum absolute atomic E-state index is 9.30. The van der Waals surface area contributed by atoms with E-state index in [2.05, 4.69) is 13.8 Å². The Morgan fingerprint density at radius 2 is 1.23 bits per heavy atom. The molecule has 0 fully saturated rings. The summed E-state index contributed by atoms with van der Waals surface area (Å²) in [6.07, 6.45) is 6.48. The first-order valence-corrected chi connectivity index (χ1v) is 7.36. The Bertz CT molecular complexity index is 59.1. The van der Waals surface area contributed by atoms with E-state index < -0.39 is 0 Å². The molecule has 13 heavy (non-hydrogen) atoms. The van der Waals surface area contributed by atoms with Crippen LogP contribution in [0.25, 0.3) is 0 Å². The third kappa shape index (κ3) is 24.5. The van der Waals surface area contributed by atoms with Gasteiger partial charge in [-0.15, -0.1) is 6.61 Å². The van der Waals surface area contributed by atoms with E-state index in [1.54, 1.807) is 0 Å². The zero-order valence-corrected chi connectivity index (χ0v) is 10.8. The van der Waals surface area contributed by atoms with Crippen LogP contribution in [0.3, 0.4) is 0 Å². The SMILES string of the molecule is CCC[CH2][Al+][CH2]CCC.CCC[O-]. The molecule has 0 aromatic carbocycles. The monoisotopic (exact) mass is 200 g/mol. The van der Waals surface area contributed by atoms with E-state index in [0.29, 0.717) is 0 Å². The van der Waals surface area contributed by atoms with Gasteiger partial charge in [0.2, 0.25) is 0 Å². The number of hydrogen-bond acceptors (Lipinski definition) is 1. The van der Waals surface area contributed by atoms with Crippen molar-refractivity contribution >= 4 is 15.2 Å². The topological polar surface area (TPSA) is 23.1 Å². The van der Waals surface area contributed by atoms with Gasteiger partial charge in [0.05, 0.1) is 0 Å². The first-order chi connectivity index (χ1) is 6.33. The van der Waals surface area contributed by atoms with Gasteiger partial charge in [0.25, 0.3) is 0 Å². The smallest absolute Gasteiger partial charge is 0.0667 e. The van der Waals surface area contributed by atoms with Gasteiger partial charge in [0, 0.05) is 0 Å². The summed E-state index contributed by atoms with van der Waals surface area (Å²) in [5.41, 5.74) is 0. The maximum Gasteiger partial charge on any atom is -0.0667 e. The molecule has 0 N–H and O–H groups in total. The summed E-state index contributed by atoms with van der Waals surface area (Å²) >= 11 is 0.818. The molecule has 0 aromatic heterocycles. The Kier molecular flexibility index (Phi) is 22.5. The summed E-state index contributed by atoms with van der Waals surface area (Å²) in [6.45, 7) is 6.49. The van der Waals surface area contributed by atoms with E-state index in [4.69, 9.17) is 0 Å². The summed E-state index contributed by atoms with van der Waals surface area (Å²) in [6, 6.07) is 0. The predicted octanol–water partition coefficient (Wildman–Crippen LogP) is 2.88. The molecule has 0 bridgehead atoms. The van der Waals surface area contributed by atoms with E-state index in [-0.39, 0.29) is 6.61 Å². The minimum atomic E-state index is 0.0694. The van der Waals surface area contributed by atoms with Crippen molar-refractivity contribution in [1.82, 2.24) is 0 Å². The zero-order chi connectivity index (χ0) is 10.4. The standard InChI is InChI=1S/2C4H9.C3H7O.Al/c2*1-3-4-2;1-2-3-4;/h2*1,3-4H2,2H3;2-3H2,1H3;/q;;-1;+1. The van der Waals surface area contributed by atoms with Gasteiger partial charge in [-0.25, -0.2) is 0 Å². The van der Waals surface area contributed by atoms with Crippen molar-refractivity contribution in [2.75, 3.05) is 6.61 Å². The van der Waals surface area contributed by atoms with Crippen LogP contribution in [0.15, 0.2) is 0 Å². The molecule has 0 aromatic rings. The predicted molar refractivity (Wildman–Crippen MR) is 60.3 cm³/mol. The average Bonchev–Trinajstić information content (AvgIpc) is 2.18. The molecular formula is C11H25AlO. The number of unbranched alkanes of at least 4 members (excludes halogenated alkanes) is 2. The summed E-state index contributed by atoms with van der Waals surface area (Å²) in [5, 5.41) is 12.4. The molecule has 0 aliphatic heterocycles. The molecule has 2 heteroatoms. The van der Waals surface area contributed by atoms with Crippen LogP contribution in [0.2, 0.25) is 10.6 Å². The van der Waals surface area contributed by atoms with Gasteiger partial charge in [-0.3, -0.25) is 0 Å². The molecule has 0 heterocycles. The Morgan fingerprint density at radius 3 is 1.46 bits per heavy atom. The Balaban J connectivity index is 0. The molecule has 78 valence electrons. The van der Waals surface area contributed by atoms with Gasteiger partial charge in [-0.2, -0.15) is 0 Å². The fourth-order valence-corrected chi connectivity index (χ4v) is 2.52. The van der Waals surface area contributed by atoms with Gasteiger partial charge < -0.3 is 5.11 Å². The van der Waals surface area contributed by atoms with Crippen LogP contribution in [-0.4, -0.2) is 21.8 Å². The summed E-state index contributed by atoms with van der Waals surface area (Å²) in [5.74, 6) is 0. The van der Waals surface area contributed by atoms with Crippen molar-refractivity contribution in [3.63, 3.8) is 0 Å². The van der Waals surface area contributed by atoms with Gasteiger partial charge >= 0.3 is 65.3 Å². The van der Waals surface area contributed by atoms with Crippen LogP contribution in [0.4, 0.5) is 0 Å². The fraction of sp³-hybridized carbons (Fsp3) is 1.00. The zero-order valence-electron chi connectivity index (χ0n) is 9.64. The summed E-state index contributed by atoms with van der Waals surface area (Å²) in [4.78, 5) is 0. The molecule has 0 aliphatic rings. The third-order valence-corrected chi connectivity index (χ3v) is 3.36. The molecule has 0 saturated heterocycles. The van der Waals surface area contributed by atoms with Crippen molar-refractivity contribution < 1.29 is 5.11 Å². The van der Waals surface area contributed by atoms with E-state index in [9.17, 15) is 5.11 Å². The van der Waals surface area contributed by atoms with Crippen LogP contribution in [0.1, 0.15) is 52.9 Å².